The third-order valence-corrected chi connectivity index (χ3v) is 4.72. The van der Waals surface area contributed by atoms with Crippen molar-refractivity contribution in [3.63, 3.8) is 0 Å². The van der Waals surface area contributed by atoms with E-state index < -0.39 is 6.10 Å². The lowest BCUT2D eigenvalue weighted by Gasteiger charge is -2.18. The minimum atomic E-state index is -0.499. The summed E-state index contributed by atoms with van der Waals surface area (Å²) >= 11 is 3.04. The molecule has 4 nitrogen and oxygen atoms in total. The van der Waals surface area contributed by atoms with Crippen LogP contribution >= 0.6 is 23.1 Å². The Labute approximate surface area is 120 Å². The van der Waals surface area contributed by atoms with Crippen molar-refractivity contribution >= 4 is 39.2 Å². The Hall–Kier alpha value is -1.11. The molecule has 6 heteroatoms. The van der Waals surface area contributed by atoms with Crippen molar-refractivity contribution in [2.75, 3.05) is 19.3 Å². The molecular formula is C13H16N2O2S2. The van der Waals surface area contributed by atoms with Crippen molar-refractivity contribution in [2.45, 2.75) is 17.4 Å². The lowest BCUT2D eigenvalue weighted by Crippen LogP contribution is -2.34. The van der Waals surface area contributed by atoms with E-state index in [4.69, 9.17) is 0 Å². The fourth-order valence-corrected chi connectivity index (χ4v) is 3.65. The predicted octanol–water partition coefficient (Wildman–Crippen LogP) is 2.23. The molecule has 0 aliphatic heterocycles. The molecule has 1 amide bonds. The number of aromatic nitrogens is 1. The van der Waals surface area contributed by atoms with Crippen molar-refractivity contribution in [3.05, 3.63) is 24.3 Å². The van der Waals surface area contributed by atoms with Gasteiger partial charge in [0.05, 0.1) is 22.1 Å². The van der Waals surface area contributed by atoms with Gasteiger partial charge in [0.2, 0.25) is 5.91 Å². The van der Waals surface area contributed by atoms with Crippen molar-refractivity contribution in [1.29, 1.82) is 0 Å². The highest BCUT2D eigenvalue weighted by molar-refractivity contribution is 8.01. The molecular weight excluding hydrogens is 280 g/mol. The smallest absolute Gasteiger partial charge is 0.232 e. The molecule has 0 fully saturated rings. The first-order valence-corrected chi connectivity index (χ1v) is 7.77. The molecule has 0 spiro atoms. The maximum absolute atomic E-state index is 11.8. The fraction of sp³-hybridized carbons (Fsp3) is 0.385. The number of carbonyl (C=O) groups excluding carboxylic acids is 1. The van der Waals surface area contributed by atoms with Crippen LogP contribution < -0.4 is 0 Å². The van der Waals surface area contributed by atoms with Gasteiger partial charge in [-0.1, -0.05) is 23.9 Å². The van der Waals surface area contributed by atoms with Gasteiger partial charge >= 0.3 is 0 Å². The van der Waals surface area contributed by atoms with Crippen LogP contribution in [0.2, 0.25) is 0 Å². The Morgan fingerprint density at radius 2 is 2.26 bits per heavy atom. The first kappa shape index (κ1) is 14.3. The third kappa shape index (κ3) is 3.92. The molecule has 1 atom stereocenters. The van der Waals surface area contributed by atoms with Crippen LogP contribution in [0.3, 0.4) is 0 Å². The Morgan fingerprint density at radius 3 is 2.95 bits per heavy atom. The van der Waals surface area contributed by atoms with Gasteiger partial charge in [0.25, 0.3) is 0 Å². The molecule has 0 saturated heterocycles. The monoisotopic (exact) mass is 296 g/mol. The van der Waals surface area contributed by atoms with Crippen molar-refractivity contribution in [3.8, 4) is 0 Å². The summed E-state index contributed by atoms with van der Waals surface area (Å²) in [6.45, 7) is 2.03. The van der Waals surface area contributed by atoms with Crippen LogP contribution in [0.5, 0.6) is 0 Å². The van der Waals surface area contributed by atoms with E-state index in [0.717, 1.165) is 14.6 Å². The van der Waals surface area contributed by atoms with Gasteiger partial charge in [0.1, 0.15) is 0 Å². The number of hydrogen-bond acceptors (Lipinski definition) is 5. The zero-order chi connectivity index (χ0) is 13.8. The van der Waals surface area contributed by atoms with Gasteiger partial charge in [-0.3, -0.25) is 4.79 Å². The van der Waals surface area contributed by atoms with Gasteiger partial charge in [0, 0.05) is 13.6 Å². The number of para-hydroxylation sites is 1. The van der Waals surface area contributed by atoms with Crippen LogP contribution in [0.25, 0.3) is 10.2 Å². The van der Waals surface area contributed by atoms with Crippen LogP contribution in [-0.2, 0) is 4.79 Å². The SMILES string of the molecule is CC(O)CN(C)C(=O)CSc1nc2ccccc2s1. The lowest BCUT2D eigenvalue weighted by atomic mass is 10.3. The summed E-state index contributed by atoms with van der Waals surface area (Å²) in [4.78, 5) is 17.9. The number of hydrogen-bond donors (Lipinski definition) is 1. The minimum Gasteiger partial charge on any atom is -0.392 e. The van der Waals surface area contributed by atoms with E-state index >= 15 is 0 Å². The van der Waals surface area contributed by atoms with Gasteiger partial charge in [-0.05, 0) is 19.1 Å². The van der Waals surface area contributed by atoms with Crippen LogP contribution in [0.1, 0.15) is 6.92 Å². The summed E-state index contributed by atoms with van der Waals surface area (Å²) in [5.41, 5.74) is 0.972. The summed E-state index contributed by atoms with van der Waals surface area (Å²) in [6.07, 6.45) is -0.499. The van der Waals surface area contributed by atoms with Crippen molar-refractivity contribution in [2.24, 2.45) is 0 Å². The number of thiazole rings is 1. The Balaban J connectivity index is 1.93. The van der Waals surface area contributed by atoms with Gasteiger partial charge in [-0.25, -0.2) is 4.98 Å². The van der Waals surface area contributed by atoms with Crippen LogP contribution in [0.4, 0.5) is 0 Å². The summed E-state index contributed by atoms with van der Waals surface area (Å²) in [6, 6.07) is 7.93. The molecule has 0 aliphatic carbocycles. The van der Waals surface area contributed by atoms with E-state index in [-0.39, 0.29) is 5.91 Å². The minimum absolute atomic E-state index is 0.00477. The molecule has 102 valence electrons. The van der Waals surface area contributed by atoms with E-state index in [2.05, 4.69) is 4.98 Å². The zero-order valence-corrected chi connectivity index (χ0v) is 12.5. The molecule has 1 heterocycles. The van der Waals surface area contributed by atoms with Gasteiger partial charge in [-0.2, -0.15) is 0 Å². The third-order valence-electron chi connectivity index (χ3n) is 2.56. The summed E-state index contributed by atoms with van der Waals surface area (Å²) in [7, 11) is 1.70. The number of aliphatic hydroxyl groups excluding tert-OH is 1. The quantitative estimate of drug-likeness (QED) is 0.860. The second-order valence-electron chi connectivity index (χ2n) is 4.36. The van der Waals surface area contributed by atoms with E-state index in [1.165, 1.54) is 11.8 Å². The lowest BCUT2D eigenvalue weighted by molar-refractivity contribution is -0.128. The second kappa shape index (κ2) is 6.36. The summed E-state index contributed by atoms with van der Waals surface area (Å²) in [5.74, 6) is 0.355. The largest absolute Gasteiger partial charge is 0.392 e. The van der Waals surface area contributed by atoms with Crippen LogP contribution in [0, 0.1) is 0 Å². The average molecular weight is 296 g/mol. The highest BCUT2D eigenvalue weighted by atomic mass is 32.2. The highest BCUT2D eigenvalue weighted by Gasteiger charge is 2.12. The summed E-state index contributed by atoms with van der Waals surface area (Å²) in [5, 5.41) is 9.24. The van der Waals surface area contributed by atoms with Crippen LogP contribution in [0.15, 0.2) is 28.6 Å². The molecule has 0 radical (unpaired) electrons. The second-order valence-corrected chi connectivity index (χ2v) is 6.61. The number of aliphatic hydroxyl groups is 1. The summed E-state index contributed by atoms with van der Waals surface area (Å²) < 4.78 is 2.04. The van der Waals surface area contributed by atoms with E-state index in [1.54, 1.807) is 30.2 Å². The number of thioether (sulfide) groups is 1. The normalized spacial score (nSPS) is 12.6. The number of rotatable bonds is 5. The van der Waals surface area contributed by atoms with Gasteiger partial charge in [0.15, 0.2) is 4.34 Å². The maximum Gasteiger partial charge on any atom is 0.232 e. The first-order chi connectivity index (χ1) is 9.06. The Kier molecular flexibility index (Phi) is 4.79. The predicted molar refractivity (Wildman–Crippen MR) is 79.7 cm³/mol. The molecule has 0 bridgehead atoms. The van der Waals surface area contributed by atoms with Crippen LogP contribution in [-0.4, -0.2) is 46.3 Å². The molecule has 1 aromatic heterocycles. The fourth-order valence-electron chi connectivity index (χ4n) is 1.64. The standard InChI is InChI=1S/C13H16N2O2S2/c1-9(16)7-15(2)12(17)8-18-13-14-10-5-3-4-6-11(10)19-13/h3-6,9,16H,7-8H2,1-2H3. The molecule has 2 rings (SSSR count). The molecule has 1 unspecified atom stereocenters. The number of nitrogens with zero attached hydrogens (tertiary/aromatic N) is 2. The number of amides is 1. The number of fused-ring (bicyclic) bond motifs is 1. The average Bonchev–Trinajstić information content (AvgIpc) is 2.77. The van der Waals surface area contributed by atoms with Crippen molar-refractivity contribution < 1.29 is 9.90 Å². The number of likely N-dealkylation sites (N-methyl/N-ethyl adjacent to an activating group) is 1. The van der Waals surface area contributed by atoms with Gasteiger partial charge in [-0.15, -0.1) is 11.3 Å². The Morgan fingerprint density at radius 1 is 1.53 bits per heavy atom. The molecule has 1 aromatic carbocycles. The van der Waals surface area contributed by atoms with Gasteiger partial charge < -0.3 is 10.0 Å². The number of benzene rings is 1. The molecule has 0 saturated carbocycles. The van der Waals surface area contributed by atoms with E-state index in [1.807, 2.05) is 24.3 Å². The van der Waals surface area contributed by atoms with E-state index in [9.17, 15) is 9.90 Å². The number of carbonyl (C=O) groups is 1. The molecule has 0 aliphatic rings. The zero-order valence-electron chi connectivity index (χ0n) is 10.9. The molecule has 19 heavy (non-hydrogen) atoms. The highest BCUT2D eigenvalue weighted by Crippen LogP contribution is 2.29. The molecule has 2 aromatic rings. The first-order valence-electron chi connectivity index (χ1n) is 5.96. The van der Waals surface area contributed by atoms with E-state index in [0.29, 0.717) is 12.3 Å². The van der Waals surface area contributed by atoms with Crippen molar-refractivity contribution in [1.82, 2.24) is 9.88 Å². The maximum atomic E-state index is 11.8. The topological polar surface area (TPSA) is 53.4 Å². The molecule has 1 N–H and O–H groups in total. The Bertz CT molecular complexity index is 536.